The number of nitrogens with one attached hydrogen (secondary N) is 2. The smallest absolute Gasteiger partial charge is 0.249 e. The first-order valence-electron chi connectivity index (χ1n) is 5.15. The van der Waals surface area contributed by atoms with Crippen LogP contribution in [0.2, 0.25) is 0 Å². The van der Waals surface area contributed by atoms with Gasteiger partial charge >= 0.3 is 0 Å². The summed E-state index contributed by atoms with van der Waals surface area (Å²) in [4.78, 5) is 30.3. The Hall–Kier alpha value is -2.18. The zero-order valence-electron chi connectivity index (χ0n) is 9.27. The maximum Gasteiger partial charge on any atom is 0.249 e. The lowest BCUT2D eigenvalue weighted by Gasteiger charge is -2.22. The second-order valence-electron chi connectivity index (χ2n) is 3.59. The molecule has 1 aliphatic rings. The summed E-state index contributed by atoms with van der Waals surface area (Å²) < 4.78 is 4.94. The molecule has 2 rings (SSSR count). The summed E-state index contributed by atoms with van der Waals surface area (Å²) in [5.41, 5.74) is 0. The van der Waals surface area contributed by atoms with Crippen molar-refractivity contribution in [3.05, 3.63) is 12.4 Å². The maximum atomic E-state index is 11.5. The van der Waals surface area contributed by atoms with Crippen LogP contribution in [0.4, 0.5) is 5.82 Å². The van der Waals surface area contributed by atoms with E-state index < -0.39 is 6.04 Å². The lowest BCUT2D eigenvalue weighted by molar-refractivity contribution is -0.133. The molecule has 0 radical (unpaired) electrons. The Balaban J connectivity index is 2.05. The summed E-state index contributed by atoms with van der Waals surface area (Å²) in [5, 5.41) is 5.19. The molecule has 2 amide bonds. The average molecular weight is 236 g/mol. The summed E-state index contributed by atoms with van der Waals surface area (Å²) in [6.07, 6.45) is 2.12. The topological polar surface area (TPSA) is 93.2 Å². The van der Waals surface area contributed by atoms with Crippen LogP contribution >= 0.6 is 0 Å². The number of amides is 2. The van der Waals surface area contributed by atoms with Crippen molar-refractivity contribution in [1.82, 2.24) is 15.3 Å². The number of imide groups is 1. The van der Waals surface area contributed by atoms with E-state index in [-0.39, 0.29) is 11.8 Å². The van der Waals surface area contributed by atoms with Gasteiger partial charge in [-0.25, -0.2) is 9.97 Å². The van der Waals surface area contributed by atoms with E-state index in [1.807, 2.05) is 0 Å². The van der Waals surface area contributed by atoms with Crippen molar-refractivity contribution in [1.29, 1.82) is 0 Å². The third-order valence-corrected chi connectivity index (χ3v) is 2.41. The van der Waals surface area contributed by atoms with E-state index in [2.05, 4.69) is 20.6 Å². The number of anilines is 1. The fourth-order valence-corrected chi connectivity index (χ4v) is 1.54. The van der Waals surface area contributed by atoms with Gasteiger partial charge in [0, 0.05) is 12.5 Å². The van der Waals surface area contributed by atoms with E-state index in [0.29, 0.717) is 24.5 Å². The molecule has 2 heterocycles. The van der Waals surface area contributed by atoms with E-state index >= 15 is 0 Å². The van der Waals surface area contributed by atoms with Crippen LogP contribution in [0.3, 0.4) is 0 Å². The number of hydrogen-bond acceptors (Lipinski definition) is 6. The summed E-state index contributed by atoms with van der Waals surface area (Å²) in [5.74, 6) is 0.327. The minimum atomic E-state index is -0.452. The molecule has 90 valence electrons. The van der Waals surface area contributed by atoms with Crippen LogP contribution in [0.25, 0.3) is 0 Å². The van der Waals surface area contributed by atoms with Gasteiger partial charge in [0.1, 0.15) is 18.2 Å². The van der Waals surface area contributed by atoms with Crippen LogP contribution in [0.5, 0.6) is 5.88 Å². The van der Waals surface area contributed by atoms with E-state index in [4.69, 9.17) is 4.74 Å². The van der Waals surface area contributed by atoms with Crippen LogP contribution in [0, 0.1) is 0 Å². The zero-order chi connectivity index (χ0) is 12.3. The molecule has 7 nitrogen and oxygen atoms in total. The lowest BCUT2D eigenvalue weighted by Crippen LogP contribution is -2.47. The molecule has 1 aromatic rings. The Morgan fingerprint density at radius 1 is 1.47 bits per heavy atom. The highest BCUT2D eigenvalue weighted by Gasteiger charge is 2.26. The molecule has 17 heavy (non-hydrogen) atoms. The second kappa shape index (κ2) is 4.77. The van der Waals surface area contributed by atoms with Gasteiger partial charge in [0.15, 0.2) is 0 Å². The third kappa shape index (κ3) is 2.68. The Labute approximate surface area is 97.6 Å². The Morgan fingerprint density at radius 3 is 3.00 bits per heavy atom. The molecule has 1 aliphatic heterocycles. The fourth-order valence-electron chi connectivity index (χ4n) is 1.54. The van der Waals surface area contributed by atoms with E-state index in [0.717, 1.165) is 0 Å². The van der Waals surface area contributed by atoms with E-state index in [1.54, 1.807) is 6.07 Å². The number of piperidine rings is 1. The van der Waals surface area contributed by atoms with Gasteiger partial charge in [0.2, 0.25) is 17.7 Å². The quantitative estimate of drug-likeness (QED) is 0.700. The first kappa shape index (κ1) is 11.3. The van der Waals surface area contributed by atoms with Crippen molar-refractivity contribution in [2.45, 2.75) is 18.9 Å². The normalized spacial score (nSPS) is 19.7. The molecular formula is C10H12N4O3. The summed E-state index contributed by atoms with van der Waals surface area (Å²) in [6, 6.07) is 1.14. The van der Waals surface area contributed by atoms with Crippen molar-refractivity contribution >= 4 is 17.6 Å². The molecule has 0 saturated carbocycles. The van der Waals surface area contributed by atoms with Gasteiger partial charge in [0.05, 0.1) is 7.11 Å². The highest BCUT2D eigenvalue weighted by Crippen LogP contribution is 2.14. The van der Waals surface area contributed by atoms with Gasteiger partial charge < -0.3 is 10.1 Å². The Morgan fingerprint density at radius 2 is 2.29 bits per heavy atom. The molecule has 1 unspecified atom stereocenters. The van der Waals surface area contributed by atoms with Crippen molar-refractivity contribution in [3.63, 3.8) is 0 Å². The predicted octanol–water partition coefficient (Wildman–Crippen LogP) is -0.298. The molecule has 7 heteroatoms. The monoisotopic (exact) mass is 236 g/mol. The molecule has 1 saturated heterocycles. The van der Waals surface area contributed by atoms with Crippen molar-refractivity contribution in [2.75, 3.05) is 12.4 Å². The van der Waals surface area contributed by atoms with E-state index in [9.17, 15) is 9.59 Å². The van der Waals surface area contributed by atoms with Crippen LogP contribution < -0.4 is 15.4 Å². The summed E-state index contributed by atoms with van der Waals surface area (Å²) in [7, 11) is 1.50. The lowest BCUT2D eigenvalue weighted by atomic mass is 10.1. The molecule has 0 spiro atoms. The van der Waals surface area contributed by atoms with Crippen LogP contribution in [0.15, 0.2) is 12.4 Å². The van der Waals surface area contributed by atoms with Crippen molar-refractivity contribution < 1.29 is 14.3 Å². The Bertz CT molecular complexity index is 449. The van der Waals surface area contributed by atoms with Crippen LogP contribution in [-0.4, -0.2) is 34.9 Å². The van der Waals surface area contributed by atoms with Crippen molar-refractivity contribution in [2.24, 2.45) is 0 Å². The largest absolute Gasteiger partial charge is 0.481 e. The molecule has 1 aromatic heterocycles. The average Bonchev–Trinajstić information content (AvgIpc) is 2.33. The standard InChI is InChI=1S/C10H12N4O3/c1-17-9-4-7(11-5-12-9)13-6-2-3-8(15)14-10(6)16/h4-6H,2-3H2,1H3,(H,11,12,13)(H,14,15,16). The van der Waals surface area contributed by atoms with Crippen molar-refractivity contribution in [3.8, 4) is 5.88 Å². The number of nitrogens with zero attached hydrogens (tertiary/aromatic N) is 2. The predicted molar refractivity (Wildman–Crippen MR) is 58.4 cm³/mol. The van der Waals surface area contributed by atoms with Gasteiger partial charge in [-0.15, -0.1) is 0 Å². The first-order valence-corrected chi connectivity index (χ1v) is 5.15. The highest BCUT2D eigenvalue weighted by molar-refractivity contribution is 6.01. The number of rotatable bonds is 3. The maximum absolute atomic E-state index is 11.5. The van der Waals surface area contributed by atoms with Gasteiger partial charge in [-0.05, 0) is 6.42 Å². The molecule has 1 fully saturated rings. The number of carbonyl (C=O) groups is 2. The fraction of sp³-hybridized carbons (Fsp3) is 0.400. The van der Waals surface area contributed by atoms with E-state index in [1.165, 1.54) is 13.4 Å². The third-order valence-electron chi connectivity index (χ3n) is 2.41. The molecule has 0 aliphatic carbocycles. The van der Waals surface area contributed by atoms with Gasteiger partial charge in [-0.1, -0.05) is 0 Å². The van der Waals surface area contributed by atoms with Crippen LogP contribution in [-0.2, 0) is 9.59 Å². The second-order valence-corrected chi connectivity index (χ2v) is 3.59. The minimum Gasteiger partial charge on any atom is -0.481 e. The first-order chi connectivity index (χ1) is 8.19. The van der Waals surface area contributed by atoms with Crippen LogP contribution in [0.1, 0.15) is 12.8 Å². The Kier molecular flexibility index (Phi) is 3.17. The van der Waals surface area contributed by atoms with Gasteiger partial charge in [-0.3, -0.25) is 14.9 Å². The molecule has 0 aromatic carbocycles. The number of ether oxygens (including phenoxy) is 1. The number of methoxy groups -OCH3 is 1. The minimum absolute atomic E-state index is 0.242. The molecule has 1 atom stereocenters. The highest BCUT2D eigenvalue weighted by atomic mass is 16.5. The summed E-state index contributed by atoms with van der Waals surface area (Å²) in [6.45, 7) is 0. The molecular weight excluding hydrogens is 224 g/mol. The zero-order valence-corrected chi connectivity index (χ0v) is 9.27. The summed E-state index contributed by atoms with van der Waals surface area (Å²) >= 11 is 0. The molecule has 0 bridgehead atoms. The number of aromatic nitrogens is 2. The van der Waals surface area contributed by atoms with Gasteiger partial charge in [0.25, 0.3) is 0 Å². The molecule has 2 N–H and O–H groups in total. The van der Waals surface area contributed by atoms with Gasteiger partial charge in [-0.2, -0.15) is 0 Å². The SMILES string of the molecule is COc1cc(NC2CCC(=O)NC2=O)ncn1. The number of hydrogen-bond donors (Lipinski definition) is 2. The number of carbonyl (C=O) groups excluding carboxylic acids is 2.